The van der Waals surface area contributed by atoms with Gasteiger partial charge in [-0.1, -0.05) is 6.92 Å². The first kappa shape index (κ1) is 16.2. The molecule has 0 saturated heterocycles. The Bertz CT molecular complexity index is 648. The predicted molar refractivity (Wildman–Crippen MR) is 83.8 cm³/mol. The van der Waals surface area contributed by atoms with Gasteiger partial charge in [0.25, 0.3) is 10.0 Å². The van der Waals surface area contributed by atoms with Crippen molar-refractivity contribution < 1.29 is 12.8 Å². The van der Waals surface area contributed by atoms with E-state index >= 15 is 0 Å². The van der Waals surface area contributed by atoms with Gasteiger partial charge in [-0.15, -0.1) is 11.3 Å². The van der Waals surface area contributed by atoms with Crippen LogP contribution in [-0.4, -0.2) is 15.0 Å². The zero-order chi connectivity index (χ0) is 15.3. The van der Waals surface area contributed by atoms with Gasteiger partial charge < -0.3 is 9.73 Å². The molecular weight excluding hydrogens is 308 g/mol. The number of thiophene rings is 1. The van der Waals surface area contributed by atoms with Crippen molar-refractivity contribution in [1.29, 1.82) is 0 Å². The minimum Gasteiger partial charge on any atom is -0.468 e. The summed E-state index contributed by atoms with van der Waals surface area (Å²) in [5, 5.41) is 3.26. The minimum absolute atomic E-state index is 0.328. The molecule has 0 aliphatic heterocycles. The molecule has 0 aliphatic carbocycles. The number of nitrogens with one attached hydrogen (secondary N) is 2. The van der Waals surface area contributed by atoms with Crippen LogP contribution in [0.15, 0.2) is 39.2 Å². The Labute approximate surface area is 129 Å². The predicted octanol–water partition coefficient (Wildman–Crippen LogP) is 2.88. The maximum Gasteiger partial charge on any atom is 0.250 e. The van der Waals surface area contributed by atoms with Gasteiger partial charge in [-0.05, 0) is 44.2 Å². The average Bonchev–Trinajstić information content (AvgIpc) is 3.10. The van der Waals surface area contributed by atoms with Gasteiger partial charge in [0.1, 0.15) is 9.97 Å². The first-order valence-electron chi connectivity index (χ1n) is 6.88. The van der Waals surface area contributed by atoms with E-state index in [4.69, 9.17) is 4.42 Å². The molecule has 2 heterocycles. The summed E-state index contributed by atoms with van der Waals surface area (Å²) in [5.41, 5.74) is 0. The molecule has 0 bridgehead atoms. The summed E-state index contributed by atoms with van der Waals surface area (Å²) < 4.78 is 32.8. The molecule has 0 radical (unpaired) electrons. The highest BCUT2D eigenvalue weighted by atomic mass is 32.2. The number of rotatable bonds is 8. The number of furan rings is 1. The van der Waals surface area contributed by atoms with E-state index in [1.807, 2.05) is 6.07 Å². The van der Waals surface area contributed by atoms with Gasteiger partial charge in [0.2, 0.25) is 0 Å². The number of hydrogen-bond donors (Lipinski definition) is 2. The Morgan fingerprint density at radius 2 is 2.14 bits per heavy atom. The van der Waals surface area contributed by atoms with E-state index in [2.05, 4.69) is 17.0 Å². The lowest BCUT2D eigenvalue weighted by Gasteiger charge is -2.10. The van der Waals surface area contributed by atoms with E-state index < -0.39 is 16.1 Å². The molecule has 0 aliphatic rings. The van der Waals surface area contributed by atoms with E-state index in [0.29, 0.717) is 16.5 Å². The fraction of sp³-hybridized carbons (Fsp3) is 0.429. The van der Waals surface area contributed by atoms with E-state index in [1.54, 1.807) is 25.1 Å². The lowest BCUT2D eigenvalue weighted by molar-refractivity contribution is 0.459. The smallest absolute Gasteiger partial charge is 0.250 e. The summed E-state index contributed by atoms with van der Waals surface area (Å²) >= 11 is 1.29. The van der Waals surface area contributed by atoms with Gasteiger partial charge in [-0.25, -0.2) is 13.1 Å². The molecule has 116 valence electrons. The van der Waals surface area contributed by atoms with E-state index in [1.165, 1.54) is 17.6 Å². The van der Waals surface area contributed by atoms with E-state index in [0.717, 1.165) is 17.8 Å². The highest BCUT2D eigenvalue weighted by Crippen LogP contribution is 2.23. The highest BCUT2D eigenvalue weighted by molar-refractivity contribution is 7.91. The van der Waals surface area contributed by atoms with Crippen LogP contribution >= 0.6 is 11.3 Å². The Hall–Kier alpha value is -1.15. The van der Waals surface area contributed by atoms with Crippen molar-refractivity contribution in [3.05, 3.63) is 41.2 Å². The summed E-state index contributed by atoms with van der Waals surface area (Å²) in [6.07, 6.45) is 2.58. The molecule has 1 atom stereocenters. The minimum atomic E-state index is -3.51. The molecule has 7 heteroatoms. The first-order valence-corrected chi connectivity index (χ1v) is 9.18. The lowest BCUT2D eigenvalue weighted by Crippen LogP contribution is -2.25. The first-order chi connectivity index (χ1) is 10.0. The number of sulfonamides is 1. The van der Waals surface area contributed by atoms with Crippen LogP contribution in [0, 0.1) is 0 Å². The van der Waals surface area contributed by atoms with Gasteiger partial charge in [0.15, 0.2) is 0 Å². The van der Waals surface area contributed by atoms with E-state index in [-0.39, 0.29) is 0 Å². The van der Waals surface area contributed by atoms with Gasteiger partial charge in [-0.3, -0.25) is 0 Å². The van der Waals surface area contributed by atoms with Crippen LogP contribution in [0.2, 0.25) is 0 Å². The molecule has 2 N–H and O–H groups in total. The normalized spacial score (nSPS) is 13.4. The van der Waals surface area contributed by atoms with Crippen molar-refractivity contribution in [3.8, 4) is 0 Å². The Kier molecular flexibility index (Phi) is 5.58. The average molecular weight is 328 g/mol. The lowest BCUT2D eigenvalue weighted by atomic mass is 10.3. The zero-order valence-electron chi connectivity index (χ0n) is 12.1. The van der Waals surface area contributed by atoms with Crippen molar-refractivity contribution >= 4 is 21.4 Å². The molecule has 21 heavy (non-hydrogen) atoms. The third-order valence-electron chi connectivity index (χ3n) is 2.93. The molecule has 5 nitrogen and oxygen atoms in total. The van der Waals surface area contributed by atoms with Crippen molar-refractivity contribution in [2.24, 2.45) is 0 Å². The molecule has 1 unspecified atom stereocenters. The molecule has 2 rings (SSSR count). The van der Waals surface area contributed by atoms with Crippen LogP contribution in [0.4, 0.5) is 0 Å². The highest BCUT2D eigenvalue weighted by Gasteiger charge is 2.21. The van der Waals surface area contributed by atoms with Crippen molar-refractivity contribution in [1.82, 2.24) is 10.0 Å². The van der Waals surface area contributed by atoms with Crippen LogP contribution in [0.3, 0.4) is 0 Å². The third kappa shape index (κ3) is 4.41. The van der Waals surface area contributed by atoms with Crippen LogP contribution in [0.5, 0.6) is 0 Å². The summed E-state index contributed by atoms with van der Waals surface area (Å²) in [6, 6.07) is 6.59. The van der Waals surface area contributed by atoms with Gasteiger partial charge in [0.05, 0.1) is 12.3 Å². The molecule has 2 aromatic rings. The maximum absolute atomic E-state index is 12.3. The fourth-order valence-electron chi connectivity index (χ4n) is 1.87. The van der Waals surface area contributed by atoms with Crippen molar-refractivity contribution in [3.63, 3.8) is 0 Å². The number of hydrogen-bond acceptors (Lipinski definition) is 5. The molecule has 2 aromatic heterocycles. The molecule has 0 spiro atoms. The van der Waals surface area contributed by atoms with Crippen molar-refractivity contribution in [2.45, 2.75) is 37.1 Å². The zero-order valence-corrected chi connectivity index (χ0v) is 13.8. The van der Waals surface area contributed by atoms with Crippen LogP contribution in [0.1, 0.15) is 36.9 Å². The Balaban J connectivity index is 2.02. The molecule has 0 saturated carbocycles. The summed E-state index contributed by atoms with van der Waals surface area (Å²) in [7, 11) is -3.51. The topological polar surface area (TPSA) is 71.3 Å². The molecule has 0 fully saturated rings. The summed E-state index contributed by atoms with van der Waals surface area (Å²) in [6.45, 7) is 5.47. The van der Waals surface area contributed by atoms with Gasteiger partial charge in [-0.2, -0.15) is 0 Å². The van der Waals surface area contributed by atoms with Crippen LogP contribution < -0.4 is 10.0 Å². The molecule has 0 aromatic carbocycles. The molecular formula is C14H20N2O3S2. The Morgan fingerprint density at radius 1 is 1.33 bits per heavy atom. The van der Waals surface area contributed by atoms with Gasteiger partial charge >= 0.3 is 0 Å². The summed E-state index contributed by atoms with van der Waals surface area (Å²) in [4.78, 5) is 1.01. The second kappa shape index (κ2) is 7.22. The second-order valence-electron chi connectivity index (χ2n) is 4.76. The standard InChI is InChI=1S/C14H20N2O3S2/c1-3-8-15-10-12-6-7-14(20-12)21(17,18)16-11(2)13-5-4-9-19-13/h4-7,9,11,15-16H,3,8,10H2,1-2H3. The monoisotopic (exact) mass is 328 g/mol. The van der Waals surface area contributed by atoms with E-state index in [9.17, 15) is 8.42 Å². The second-order valence-corrected chi connectivity index (χ2v) is 7.87. The quantitative estimate of drug-likeness (QED) is 0.731. The van der Waals surface area contributed by atoms with Crippen LogP contribution in [0.25, 0.3) is 0 Å². The SMILES string of the molecule is CCCNCc1ccc(S(=O)(=O)NC(C)c2ccco2)s1. The van der Waals surface area contributed by atoms with Gasteiger partial charge in [0, 0.05) is 11.4 Å². The van der Waals surface area contributed by atoms with Crippen LogP contribution in [-0.2, 0) is 16.6 Å². The molecule has 0 amide bonds. The third-order valence-corrected chi connectivity index (χ3v) is 6.05. The maximum atomic E-state index is 12.3. The largest absolute Gasteiger partial charge is 0.468 e. The van der Waals surface area contributed by atoms with Crippen molar-refractivity contribution in [2.75, 3.05) is 6.54 Å². The Morgan fingerprint density at radius 3 is 2.81 bits per heavy atom. The fourth-order valence-corrected chi connectivity index (χ4v) is 4.43. The summed E-state index contributed by atoms with van der Waals surface area (Å²) in [5.74, 6) is 0.597.